The molecule has 1 saturated carbocycles. The molecule has 2 aromatic carbocycles. The van der Waals surface area contributed by atoms with Crippen LogP contribution in [0.25, 0.3) is 10.9 Å². The van der Waals surface area contributed by atoms with E-state index in [2.05, 4.69) is 19.2 Å². The highest BCUT2D eigenvalue weighted by Gasteiger charge is 2.25. The number of hydrogen-bond donors (Lipinski definition) is 1. The lowest BCUT2D eigenvalue weighted by atomic mass is 9.80. The summed E-state index contributed by atoms with van der Waals surface area (Å²) in [5.41, 5.74) is 0.782. The SMILES string of the molecule is COc1cc2nn(C3CCC(C(C)C)CC3)cc2cc1NC(=O)c1cc(F)ccc1F. The van der Waals surface area contributed by atoms with E-state index in [1.807, 2.05) is 10.9 Å². The van der Waals surface area contributed by atoms with Crippen LogP contribution < -0.4 is 10.1 Å². The Morgan fingerprint density at radius 1 is 1.16 bits per heavy atom. The monoisotopic (exact) mass is 427 g/mol. The quantitative estimate of drug-likeness (QED) is 0.546. The first-order valence-electron chi connectivity index (χ1n) is 10.7. The minimum Gasteiger partial charge on any atom is -0.494 e. The predicted octanol–water partition coefficient (Wildman–Crippen LogP) is 5.96. The second-order valence-electron chi connectivity index (χ2n) is 8.61. The molecule has 5 nitrogen and oxygen atoms in total. The summed E-state index contributed by atoms with van der Waals surface area (Å²) in [6, 6.07) is 6.65. The van der Waals surface area contributed by atoms with Crippen LogP contribution in [-0.4, -0.2) is 22.8 Å². The van der Waals surface area contributed by atoms with Gasteiger partial charge in [0.1, 0.15) is 17.4 Å². The van der Waals surface area contributed by atoms with Crippen LogP contribution in [0.3, 0.4) is 0 Å². The third-order valence-electron chi connectivity index (χ3n) is 6.32. The molecule has 0 atom stereocenters. The molecule has 1 N–H and O–H groups in total. The summed E-state index contributed by atoms with van der Waals surface area (Å²) < 4.78 is 34.9. The fourth-order valence-corrected chi connectivity index (χ4v) is 4.42. The molecule has 1 aliphatic rings. The van der Waals surface area contributed by atoms with Gasteiger partial charge in [-0.25, -0.2) is 8.78 Å². The fourth-order valence-electron chi connectivity index (χ4n) is 4.42. The lowest BCUT2D eigenvalue weighted by Gasteiger charge is -2.30. The average molecular weight is 427 g/mol. The van der Waals surface area contributed by atoms with Crippen LogP contribution in [0.4, 0.5) is 14.5 Å². The second-order valence-corrected chi connectivity index (χ2v) is 8.61. The zero-order chi connectivity index (χ0) is 22.1. The lowest BCUT2D eigenvalue weighted by Crippen LogP contribution is -2.21. The molecule has 31 heavy (non-hydrogen) atoms. The minimum atomic E-state index is -0.788. The number of hydrogen-bond acceptors (Lipinski definition) is 3. The molecule has 1 amide bonds. The van der Waals surface area contributed by atoms with Gasteiger partial charge >= 0.3 is 0 Å². The van der Waals surface area contributed by atoms with Crippen molar-refractivity contribution in [1.82, 2.24) is 9.78 Å². The summed E-state index contributed by atoms with van der Waals surface area (Å²) in [6.07, 6.45) is 6.56. The van der Waals surface area contributed by atoms with Gasteiger partial charge < -0.3 is 10.1 Å². The Morgan fingerprint density at radius 2 is 1.90 bits per heavy atom. The summed E-state index contributed by atoms with van der Waals surface area (Å²) >= 11 is 0. The summed E-state index contributed by atoms with van der Waals surface area (Å²) in [4.78, 5) is 12.5. The molecule has 0 saturated heterocycles. The standard InChI is InChI=1S/C24H27F2N3O2/c1-14(2)15-4-7-18(8-5-15)29-13-16-10-22(23(31-3)12-21(16)28-29)27-24(30)19-11-17(25)6-9-20(19)26/h6,9-15,18H,4-5,7-8H2,1-3H3,(H,27,30). The number of halogens is 2. The average Bonchev–Trinajstić information content (AvgIpc) is 3.17. The van der Waals surface area contributed by atoms with Crippen LogP contribution in [-0.2, 0) is 0 Å². The molecule has 1 fully saturated rings. The molecule has 3 aromatic rings. The Labute approximate surface area is 180 Å². The second kappa shape index (κ2) is 8.65. The zero-order valence-electron chi connectivity index (χ0n) is 18.0. The Bertz CT molecular complexity index is 1100. The van der Waals surface area contributed by atoms with Gasteiger partial charge in [0.25, 0.3) is 5.91 Å². The van der Waals surface area contributed by atoms with E-state index >= 15 is 0 Å². The number of fused-ring (bicyclic) bond motifs is 1. The number of aromatic nitrogens is 2. The van der Waals surface area contributed by atoms with E-state index in [-0.39, 0.29) is 5.56 Å². The first kappa shape index (κ1) is 21.3. The van der Waals surface area contributed by atoms with Crippen molar-refractivity contribution in [3.05, 3.63) is 53.7 Å². The van der Waals surface area contributed by atoms with Crippen molar-refractivity contribution in [3.63, 3.8) is 0 Å². The maximum atomic E-state index is 14.0. The van der Waals surface area contributed by atoms with E-state index in [0.29, 0.717) is 23.4 Å². The first-order valence-corrected chi connectivity index (χ1v) is 10.7. The van der Waals surface area contributed by atoms with Crippen molar-refractivity contribution < 1.29 is 18.3 Å². The highest BCUT2D eigenvalue weighted by Crippen LogP contribution is 2.37. The molecule has 0 radical (unpaired) electrons. The lowest BCUT2D eigenvalue weighted by molar-refractivity contribution is 0.102. The molecule has 4 rings (SSSR count). The topological polar surface area (TPSA) is 56.1 Å². The Balaban J connectivity index is 1.59. The number of anilines is 1. The molecule has 1 aliphatic carbocycles. The van der Waals surface area contributed by atoms with E-state index in [9.17, 15) is 13.6 Å². The summed E-state index contributed by atoms with van der Waals surface area (Å²) in [7, 11) is 1.49. The molecule has 7 heteroatoms. The Hall–Kier alpha value is -2.96. The molecule has 0 aliphatic heterocycles. The maximum Gasteiger partial charge on any atom is 0.258 e. The Morgan fingerprint density at radius 3 is 2.58 bits per heavy atom. The number of nitrogens with zero attached hydrogens (tertiary/aromatic N) is 2. The summed E-state index contributed by atoms with van der Waals surface area (Å²) in [6.45, 7) is 4.57. The largest absolute Gasteiger partial charge is 0.494 e. The Kier molecular flexibility index (Phi) is 5.94. The van der Waals surface area contributed by atoms with Crippen molar-refractivity contribution in [2.24, 2.45) is 11.8 Å². The summed E-state index contributed by atoms with van der Waals surface area (Å²) in [5.74, 6) is -0.325. The van der Waals surface area contributed by atoms with Crippen molar-refractivity contribution in [2.75, 3.05) is 12.4 Å². The number of amides is 1. The van der Waals surface area contributed by atoms with Gasteiger partial charge in [-0.05, 0) is 61.8 Å². The molecular weight excluding hydrogens is 400 g/mol. The van der Waals surface area contributed by atoms with Crippen molar-refractivity contribution in [2.45, 2.75) is 45.6 Å². The number of methoxy groups -OCH3 is 1. The van der Waals surface area contributed by atoms with Gasteiger partial charge in [-0.15, -0.1) is 0 Å². The van der Waals surface area contributed by atoms with E-state index < -0.39 is 17.5 Å². The van der Waals surface area contributed by atoms with Crippen molar-refractivity contribution in [1.29, 1.82) is 0 Å². The molecule has 0 bridgehead atoms. The van der Waals surface area contributed by atoms with E-state index in [1.54, 1.807) is 12.1 Å². The van der Waals surface area contributed by atoms with Gasteiger partial charge in [-0.3, -0.25) is 9.48 Å². The van der Waals surface area contributed by atoms with E-state index in [1.165, 1.54) is 20.0 Å². The van der Waals surface area contributed by atoms with Gasteiger partial charge in [0.15, 0.2) is 0 Å². The number of ether oxygens (including phenoxy) is 1. The zero-order valence-corrected chi connectivity index (χ0v) is 18.0. The highest BCUT2D eigenvalue weighted by atomic mass is 19.1. The van der Waals surface area contributed by atoms with Crippen molar-refractivity contribution >= 4 is 22.5 Å². The third-order valence-corrected chi connectivity index (χ3v) is 6.32. The molecular formula is C24H27F2N3O2. The van der Waals surface area contributed by atoms with Crippen molar-refractivity contribution in [3.8, 4) is 5.75 Å². The number of carbonyl (C=O) groups excluding carboxylic acids is 1. The van der Waals surface area contributed by atoms with Gasteiger partial charge in [0.2, 0.25) is 0 Å². The molecule has 164 valence electrons. The first-order chi connectivity index (χ1) is 14.9. The van der Waals surface area contributed by atoms with Crippen LogP contribution >= 0.6 is 0 Å². The normalized spacial score (nSPS) is 19.0. The van der Waals surface area contributed by atoms with Crippen LogP contribution in [0.5, 0.6) is 5.75 Å². The summed E-state index contributed by atoms with van der Waals surface area (Å²) in [5, 5.41) is 8.22. The third kappa shape index (κ3) is 4.40. The minimum absolute atomic E-state index is 0.354. The number of carbonyl (C=O) groups is 1. The van der Waals surface area contributed by atoms with Gasteiger partial charge in [0.05, 0.1) is 29.9 Å². The number of benzene rings is 2. The molecule has 0 spiro atoms. The smallest absolute Gasteiger partial charge is 0.258 e. The van der Waals surface area contributed by atoms with Crippen LogP contribution in [0.15, 0.2) is 36.5 Å². The van der Waals surface area contributed by atoms with Gasteiger partial charge in [-0.2, -0.15) is 5.10 Å². The van der Waals surface area contributed by atoms with Gasteiger partial charge in [0, 0.05) is 17.6 Å². The number of rotatable bonds is 5. The molecule has 0 unspecified atom stereocenters. The molecule has 1 aromatic heterocycles. The van der Waals surface area contributed by atoms with Crippen LogP contribution in [0.1, 0.15) is 55.9 Å². The van der Waals surface area contributed by atoms with Gasteiger partial charge in [-0.1, -0.05) is 13.8 Å². The van der Waals surface area contributed by atoms with Crippen LogP contribution in [0, 0.1) is 23.5 Å². The van der Waals surface area contributed by atoms with E-state index in [0.717, 1.165) is 47.9 Å². The fraction of sp³-hybridized carbons (Fsp3) is 0.417. The highest BCUT2D eigenvalue weighted by molar-refractivity contribution is 6.06. The predicted molar refractivity (Wildman–Crippen MR) is 116 cm³/mol. The van der Waals surface area contributed by atoms with E-state index in [4.69, 9.17) is 9.84 Å². The maximum absolute atomic E-state index is 14.0. The van der Waals surface area contributed by atoms with Crippen LogP contribution in [0.2, 0.25) is 0 Å². The molecule has 1 heterocycles. The number of nitrogens with one attached hydrogen (secondary N) is 1.